The molecule has 0 radical (unpaired) electrons. The number of nitrogens with two attached hydrogens (primary N) is 1. The van der Waals surface area contributed by atoms with Crippen molar-refractivity contribution in [2.45, 2.75) is 25.8 Å². The molecular weight excluding hydrogens is 216 g/mol. The van der Waals surface area contributed by atoms with Gasteiger partial charge in [-0.05, 0) is 19.4 Å². The van der Waals surface area contributed by atoms with Gasteiger partial charge in [-0.2, -0.15) is 0 Å². The number of ether oxygens (including phenoxy) is 1. The maximum Gasteiger partial charge on any atom is 0.219 e. The summed E-state index contributed by atoms with van der Waals surface area (Å²) >= 11 is 0. The lowest BCUT2D eigenvalue weighted by Gasteiger charge is -2.13. The van der Waals surface area contributed by atoms with Crippen LogP contribution in [-0.4, -0.2) is 19.6 Å². The molecule has 17 heavy (non-hydrogen) atoms. The molecule has 4 heteroatoms. The zero-order valence-electron chi connectivity index (χ0n) is 10.4. The highest BCUT2D eigenvalue weighted by molar-refractivity contribution is 5.75. The first kappa shape index (κ1) is 13.5. The van der Waals surface area contributed by atoms with Crippen molar-refractivity contribution >= 4 is 5.91 Å². The minimum Gasteiger partial charge on any atom is -0.493 e. The second-order valence-corrected chi connectivity index (χ2v) is 3.95. The molecule has 0 heterocycles. The van der Waals surface area contributed by atoms with Crippen molar-refractivity contribution in [3.8, 4) is 5.75 Å². The number of carbonyl (C=O) groups excluding carboxylic acids is 1. The van der Waals surface area contributed by atoms with Gasteiger partial charge in [-0.25, -0.2) is 0 Å². The number of nitrogens with one attached hydrogen (secondary N) is 1. The van der Waals surface area contributed by atoms with Crippen LogP contribution < -0.4 is 15.8 Å². The van der Waals surface area contributed by atoms with Gasteiger partial charge in [-0.3, -0.25) is 4.79 Å². The highest BCUT2D eigenvalue weighted by Crippen LogP contribution is 2.23. The molecule has 1 atom stereocenters. The molecule has 0 aliphatic carbocycles. The smallest absolute Gasteiger partial charge is 0.219 e. The minimum atomic E-state index is -0.0508. The molecule has 0 saturated heterocycles. The molecule has 0 aliphatic heterocycles. The molecule has 1 amide bonds. The second-order valence-electron chi connectivity index (χ2n) is 3.95. The van der Waals surface area contributed by atoms with Gasteiger partial charge >= 0.3 is 0 Å². The third kappa shape index (κ3) is 4.44. The quantitative estimate of drug-likeness (QED) is 0.737. The van der Waals surface area contributed by atoms with Crippen LogP contribution in [0.2, 0.25) is 0 Å². The first-order valence-corrected chi connectivity index (χ1v) is 5.83. The van der Waals surface area contributed by atoms with Crippen molar-refractivity contribution in [1.29, 1.82) is 0 Å². The van der Waals surface area contributed by atoms with E-state index in [-0.39, 0.29) is 11.9 Å². The highest BCUT2D eigenvalue weighted by Gasteiger charge is 2.07. The molecule has 4 nitrogen and oxygen atoms in total. The van der Waals surface area contributed by atoms with Crippen LogP contribution in [0.4, 0.5) is 0 Å². The summed E-state index contributed by atoms with van der Waals surface area (Å²) in [5.74, 6) is 0.841. The van der Waals surface area contributed by atoms with Crippen molar-refractivity contribution in [1.82, 2.24) is 5.32 Å². The minimum absolute atomic E-state index is 0.0362. The Morgan fingerprint density at radius 1 is 1.47 bits per heavy atom. The highest BCUT2D eigenvalue weighted by atomic mass is 16.5. The summed E-state index contributed by atoms with van der Waals surface area (Å²) in [6, 6.07) is 7.66. The topological polar surface area (TPSA) is 64.3 Å². The molecule has 0 unspecified atom stereocenters. The molecule has 3 N–H and O–H groups in total. The van der Waals surface area contributed by atoms with Gasteiger partial charge in [0, 0.05) is 25.1 Å². The van der Waals surface area contributed by atoms with Crippen molar-refractivity contribution in [3.05, 3.63) is 29.8 Å². The van der Waals surface area contributed by atoms with Crippen LogP contribution in [0.1, 0.15) is 31.4 Å². The van der Waals surface area contributed by atoms with Gasteiger partial charge < -0.3 is 15.8 Å². The van der Waals surface area contributed by atoms with Crippen LogP contribution in [-0.2, 0) is 4.79 Å². The van der Waals surface area contributed by atoms with Crippen LogP contribution in [0.25, 0.3) is 0 Å². The van der Waals surface area contributed by atoms with Crippen molar-refractivity contribution in [2.75, 3.05) is 13.7 Å². The van der Waals surface area contributed by atoms with Crippen LogP contribution >= 0.6 is 0 Å². The molecule has 0 aliphatic rings. The van der Waals surface area contributed by atoms with Crippen molar-refractivity contribution < 1.29 is 9.53 Å². The number of rotatable bonds is 6. The van der Waals surface area contributed by atoms with E-state index >= 15 is 0 Å². The van der Waals surface area contributed by atoms with Gasteiger partial charge in [-0.15, -0.1) is 0 Å². The fourth-order valence-electron chi connectivity index (χ4n) is 1.53. The number of carbonyl (C=O) groups is 1. The van der Waals surface area contributed by atoms with Crippen molar-refractivity contribution in [2.24, 2.45) is 5.73 Å². The summed E-state index contributed by atoms with van der Waals surface area (Å²) in [6.45, 7) is 2.45. The lowest BCUT2D eigenvalue weighted by Crippen LogP contribution is -2.18. The van der Waals surface area contributed by atoms with Gasteiger partial charge in [0.05, 0.1) is 6.61 Å². The van der Waals surface area contributed by atoms with E-state index in [0.29, 0.717) is 19.4 Å². The normalized spacial score (nSPS) is 11.9. The molecule has 0 bridgehead atoms. The van der Waals surface area contributed by atoms with E-state index in [1.54, 1.807) is 7.05 Å². The Balaban J connectivity index is 2.44. The Hall–Kier alpha value is -1.55. The zero-order chi connectivity index (χ0) is 12.7. The second kappa shape index (κ2) is 6.91. The summed E-state index contributed by atoms with van der Waals surface area (Å²) in [4.78, 5) is 11.0. The monoisotopic (exact) mass is 236 g/mol. The molecule has 94 valence electrons. The maximum atomic E-state index is 11.0. The number of para-hydroxylation sites is 1. The van der Waals surface area contributed by atoms with Crippen LogP contribution in [0.3, 0.4) is 0 Å². The Morgan fingerprint density at radius 2 is 2.18 bits per heavy atom. The molecular formula is C13H20N2O2. The van der Waals surface area contributed by atoms with E-state index in [2.05, 4.69) is 5.32 Å². The van der Waals surface area contributed by atoms with E-state index in [0.717, 1.165) is 11.3 Å². The Kier molecular flexibility index (Phi) is 5.49. The van der Waals surface area contributed by atoms with E-state index in [9.17, 15) is 4.79 Å². The van der Waals surface area contributed by atoms with Gasteiger partial charge in [0.1, 0.15) is 5.75 Å². The van der Waals surface area contributed by atoms with Gasteiger partial charge in [0.2, 0.25) is 5.91 Å². The van der Waals surface area contributed by atoms with E-state index in [1.807, 2.05) is 31.2 Å². The first-order valence-electron chi connectivity index (χ1n) is 5.83. The summed E-state index contributed by atoms with van der Waals surface area (Å²) in [5, 5.41) is 2.58. The number of amides is 1. The van der Waals surface area contributed by atoms with Crippen LogP contribution in [0.5, 0.6) is 5.75 Å². The lowest BCUT2D eigenvalue weighted by atomic mass is 10.1. The fourth-order valence-corrected chi connectivity index (χ4v) is 1.53. The summed E-state index contributed by atoms with van der Waals surface area (Å²) in [5.41, 5.74) is 6.84. The van der Waals surface area contributed by atoms with Gasteiger partial charge in [0.15, 0.2) is 0 Å². The predicted octanol–water partition coefficient (Wildman–Crippen LogP) is 1.61. The van der Waals surface area contributed by atoms with E-state index in [1.165, 1.54) is 0 Å². The van der Waals surface area contributed by atoms with Gasteiger partial charge in [0.25, 0.3) is 0 Å². The van der Waals surface area contributed by atoms with Crippen molar-refractivity contribution in [3.63, 3.8) is 0 Å². The Morgan fingerprint density at radius 3 is 2.82 bits per heavy atom. The lowest BCUT2D eigenvalue weighted by molar-refractivity contribution is -0.120. The average molecular weight is 236 g/mol. The third-order valence-corrected chi connectivity index (χ3v) is 2.49. The number of hydrogen-bond acceptors (Lipinski definition) is 3. The third-order valence-electron chi connectivity index (χ3n) is 2.49. The average Bonchev–Trinajstić information content (AvgIpc) is 2.34. The predicted molar refractivity (Wildman–Crippen MR) is 67.8 cm³/mol. The maximum absolute atomic E-state index is 11.0. The molecule has 0 fully saturated rings. The number of benzene rings is 1. The molecule has 0 spiro atoms. The first-order chi connectivity index (χ1) is 8.15. The van der Waals surface area contributed by atoms with E-state index < -0.39 is 0 Å². The summed E-state index contributed by atoms with van der Waals surface area (Å²) < 4.78 is 5.63. The molecule has 1 rings (SSSR count). The zero-order valence-corrected chi connectivity index (χ0v) is 10.4. The molecule has 0 saturated carbocycles. The number of hydrogen-bond donors (Lipinski definition) is 2. The standard InChI is InChI=1S/C13H20N2O2/c1-10(14)11-6-3-4-7-12(11)17-9-5-8-13(16)15-2/h3-4,6-7,10H,5,8-9,14H2,1-2H3,(H,15,16)/t10-/m1/s1. The van der Waals surface area contributed by atoms with E-state index in [4.69, 9.17) is 10.5 Å². The van der Waals surface area contributed by atoms with Gasteiger partial charge in [-0.1, -0.05) is 18.2 Å². The molecule has 0 aromatic heterocycles. The summed E-state index contributed by atoms with van der Waals surface area (Å²) in [6.07, 6.45) is 1.18. The molecule has 1 aromatic carbocycles. The van der Waals surface area contributed by atoms with Crippen LogP contribution in [0, 0.1) is 0 Å². The SMILES string of the molecule is CNC(=O)CCCOc1ccccc1[C@@H](C)N. The fraction of sp³-hybridized carbons (Fsp3) is 0.462. The van der Waals surface area contributed by atoms with Crippen LogP contribution in [0.15, 0.2) is 24.3 Å². The Bertz CT molecular complexity index is 364. The largest absolute Gasteiger partial charge is 0.493 e. The summed E-state index contributed by atoms with van der Waals surface area (Å²) in [7, 11) is 1.63. The molecule has 1 aromatic rings. The Labute approximate surface area is 102 Å².